The molecule has 1 aromatic heterocycles. The maximum Gasteiger partial charge on any atom is 0.213 e. The number of carbonyl (C=O) groups excluding carboxylic acids is 1. The molecule has 0 fully saturated rings. The second kappa shape index (κ2) is 12.4. The molecule has 0 saturated carbocycles. The SMILES string of the molecule is CCCCCCCCCCCCOc1ccc(C=O)cn1. The molecule has 0 bridgehead atoms. The van der Waals surface area contributed by atoms with Crippen LogP contribution in [-0.2, 0) is 0 Å². The van der Waals surface area contributed by atoms with E-state index in [0.29, 0.717) is 18.1 Å². The van der Waals surface area contributed by atoms with Gasteiger partial charge in [0.1, 0.15) is 0 Å². The summed E-state index contributed by atoms with van der Waals surface area (Å²) in [5.41, 5.74) is 0.585. The van der Waals surface area contributed by atoms with Crippen LogP contribution in [0.25, 0.3) is 0 Å². The Morgan fingerprint density at radius 2 is 1.57 bits per heavy atom. The number of hydrogen-bond acceptors (Lipinski definition) is 3. The molecule has 118 valence electrons. The topological polar surface area (TPSA) is 39.2 Å². The Morgan fingerprint density at radius 1 is 0.952 bits per heavy atom. The highest BCUT2D eigenvalue weighted by Crippen LogP contribution is 2.11. The van der Waals surface area contributed by atoms with Crippen molar-refractivity contribution < 1.29 is 9.53 Å². The lowest BCUT2D eigenvalue weighted by molar-refractivity contribution is 0.112. The number of ether oxygens (including phenoxy) is 1. The maximum atomic E-state index is 10.5. The summed E-state index contributed by atoms with van der Waals surface area (Å²) in [7, 11) is 0. The fourth-order valence-corrected chi connectivity index (χ4v) is 2.31. The van der Waals surface area contributed by atoms with E-state index in [1.165, 1.54) is 57.8 Å². The minimum Gasteiger partial charge on any atom is -0.478 e. The molecular weight excluding hydrogens is 262 g/mol. The molecule has 3 heteroatoms. The summed E-state index contributed by atoms with van der Waals surface area (Å²) >= 11 is 0. The monoisotopic (exact) mass is 291 g/mol. The van der Waals surface area contributed by atoms with Gasteiger partial charge in [-0.25, -0.2) is 4.98 Å². The van der Waals surface area contributed by atoms with Crippen LogP contribution in [-0.4, -0.2) is 17.9 Å². The molecule has 0 N–H and O–H groups in total. The zero-order valence-electron chi connectivity index (χ0n) is 13.4. The summed E-state index contributed by atoms with van der Waals surface area (Å²) < 4.78 is 5.55. The van der Waals surface area contributed by atoms with Crippen molar-refractivity contribution in [3.8, 4) is 5.88 Å². The molecule has 1 heterocycles. The van der Waals surface area contributed by atoms with Crippen LogP contribution < -0.4 is 4.74 Å². The first-order valence-electron chi connectivity index (χ1n) is 8.41. The largest absolute Gasteiger partial charge is 0.478 e. The van der Waals surface area contributed by atoms with E-state index in [1.54, 1.807) is 18.3 Å². The third kappa shape index (κ3) is 9.22. The van der Waals surface area contributed by atoms with E-state index < -0.39 is 0 Å². The average molecular weight is 291 g/mol. The Bertz CT molecular complexity index is 362. The highest BCUT2D eigenvalue weighted by atomic mass is 16.5. The van der Waals surface area contributed by atoms with Crippen molar-refractivity contribution >= 4 is 6.29 Å². The molecule has 0 spiro atoms. The normalized spacial score (nSPS) is 10.5. The highest BCUT2D eigenvalue weighted by molar-refractivity contribution is 5.73. The summed E-state index contributed by atoms with van der Waals surface area (Å²) in [5, 5.41) is 0. The lowest BCUT2D eigenvalue weighted by atomic mass is 10.1. The summed E-state index contributed by atoms with van der Waals surface area (Å²) in [6.07, 6.45) is 15.6. The number of pyridine rings is 1. The first kappa shape index (κ1) is 17.7. The summed E-state index contributed by atoms with van der Waals surface area (Å²) in [6, 6.07) is 3.48. The third-order valence-corrected chi connectivity index (χ3v) is 3.64. The van der Waals surface area contributed by atoms with E-state index >= 15 is 0 Å². The van der Waals surface area contributed by atoms with Crippen molar-refractivity contribution in [1.29, 1.82) is 0 Å². The molecule has 0 saturated heterocycles. The van der Waals surface area contributed by atoms with E-state index in [1.807, 2.05) is 0 Å². The Kier molecular flexibility index (Phi) is 10.4. The van der Waals surface area contributed by atoms with E-state index in [2.05, 4.69) is 11.9 Å². The van der Waals surface area contributed by atoms with Crippen molar-refractivity contribution in [1.82, 2.24) is 4.98 Å². The smallest absolute Gasteiger partial charge is 0.213 e. The Labute approximate surface area is 129 Å². The van der Waals surface area contributed by atoms with Crippen molar-refractivity contribution in [3.63, 3.8) is 0 Å². The number of hydrogen-bond donors (Lipinski definition) is 0. The first-order chi connectivity index (χ1) is 10.4. The Morgan fingerprint density at radius 3 is 2.10 bits per heavy atom. The standard InChI is InChI=1S/C18H29NO2/c1-2-3-4-5-6-7-8-9-10-11-14-21-18-13-12-17(16-20)15-19-18/h12-13,15-16H,2-11,14H2,1H3. The summed E-state index contributed by atoms with van der Waals surface area (Å²) in [6.45, 7) is 2.97. The van der Waals surface area contributed by atoms with Crippen molar-refractivity contribution in [3.05, 3.63) is 23.9 Å². The second-order valence-electron chi connectivity index (χ2n) is 5.58. The maximum absolute atomic E-state index is 10.5. The van der Waals surface area contributed by atoms with Crippen LogP contribution in [0.15, 0.2) is 18.3 Å². The molecule has 0 unspecified atom stereocenters. The molecule has 0 aliphatic heterocycles. The highest BCUT2D eigenvalue weighted by Gasteiger charge is 1.97. The van der Waals surface area contributed by atoms with Crippen molar-refractivity contribution in [2.24, 2.45) is 0 Å². The molecule has 0 atom stereocenters. The number of rotatable bonds is 13. The van der Waals surface area contributed by atoms with Gasteiger partial charge in [0, 0.05) is 17.8 Å². The molecule has 0 aliphatic carbocycles. The zero-order chi connectivity index (χ0) is 15.2. The van der Waals surface area contributed by atoms with Gasteiger partial charge in [-0.15, -0.1) is 0 Å². The van der Waals surface area contributed by atoms with Gasteiger partial charge in [-0.1, -0.05) is 64.7 Å². The molecule has 0 aliphatic rings. The van der Waals surface area contributed by atoms with Crippen LogP contribution in [0.4, 0.5) is 0 Å². The van der Waals surface area contributed by atoms with Crippen molar-refractivity contribution in [2.75, 3.05) is 6.61 Å². The lowest BCUT2D eigenvalue weighted by Gasteiger charge is -2.05. The van der Waals surface area contributed by atoms with Gasteiger partial charge in [0.05, 0.1) is 6.61 Å². The first-order valence-corrected chi connectivity index (χ1v) is 8.41. The van der Waals surface area contributed by atoms with Crippen LogP contribution in [0.3, 0.4) is 0 Å². The molecule has 1 aromatic rings. The number of unbranched alkanes of at least 4 members (excludes halogenated alkanes) is 9. The molecule has 21 heavy (non-hydrogen) atoms. The Balaban J connectivity index is 1.89. The number of aldehydes is 1. The fraction of sp³-hybridized carbons (Fsp3) is 0.667. The molecule has 0 radical (unpaired) electrons. The van der Waals surface area contributed by atoms with E-state index in [0.717, 1.165) is 12.7 Å². The van der Waals surface area contributed by atoms with Gasteiger partial charge in [-0.2, -0.15) is 0 Å². The van der Waals surface area contributed by atoms with Gasteiger partial charge in [0.15, 0.2) is 6.29 Å². The van der Waals surface area contributed by atoms with E-state index in [9.17, 15) is 4.79 Å². The van der Waals surface area contributed by atoms with Gasteiger partial charge in [-0.3, -0.25) is 4.79 Å². The van der Waals surface area contributed by atoms with Gasteiger partial charge in [0.25, 0.3) is 0 Å². The fourth-order valence-electron chi connectivity index (χ4n) is 2.31. The average Bonchev–Trinajstić information content (AvgIpc) is 2.53. The molecule has 0 amide bonds. The summed E-state index contributed by atoms with van der Waals surface area (Å²) in [5.74, 6) is 0.608. The van der Waals surface area contributed by atoms with Gasteiger partial charge in [0.2, 0.25) is 5.88 Å². The lowest BCUT2D eigenvalue weighted by Crippen LogP contribution is -1.99. The van der Waals surface area contributed by atoms with Gasteiger partial charge in [-0.05, 0) is 12.5 Å². The molecule has 0 aromatic carbocycles. The van der Waals surface area contributed by atoms with Crippen molar-refractivity contribution in [2.45, 2.75) is 71.1 Å². The predicted molar refractivity (Wildman–Crippen MR) is 87.0 cm³/mol. The predicted octanol–water partition coefficient (Wildman–Crippen LogP) is 5.19. The number of aromatic nitrogens is 1. The number of nitrogens with zero attached hydrogens (tertiary/aromatic N) is 1. The molecular formula is C18H29NO2. The van der Waals surface area contributed by atoms with Crippen LogP contribution >= 0.6 is 0 Å². The molecule has 1 rings (SSSR count). The minimum atomic E-state index is 0.585. The number of carbonyl (C=O) groups is 1. The van der Waals surface area contributed by atoms with Crippen LogP contribution in [0.2, 0.25) is 0 Å². The zero-order valence-corrected chi connectivity index (χ0v) is 13.4. The van der Waals surface area contributed by atoms with Crippen LogP contribution in [0.1, 0.15) is 81.5 Å². The van der Waals surface area contributed by atoms with E-state index in [-0.39, 0.29) is 0 Å². The van der Waals surface area contributed by atoms with Gasteiger partial charge < -0.3 is 4.74 Å². The second-order valence-corrected chi connectivity index (χ2v) is 5.58. The van der Waals surface area contributed by atoms with Crippen LogP contribution in [0.5, 0.6) is 5.88 Å². The Hall–Kier alpha value is -1.38. The quantitative estimate of drug-likeness (QED) is 0.370. The molecule has 3 nitrogen and oxygen atoms in total. The third-order valence-electron chi connectivity index (χ3n) is 3.64. The van der Waals surface area contributed by atoms with Gasteiger partial charge >= 0.3 is 0 Å². The minimum absolute atomic E-state index is 0.585. The van der Waals surface area contributed by atoms with E-state index in [4.69, 9.17) is 4.74 Å². The van der Waals surface area contributed by atoms with Crippen LogP contribution in [0, 0.1) is 0 Å². The summed E-state index contributed by atoms with van der Waals surface area (Å²) in [4.78, 5) is 14.6.